The highest BCUT2D eigenvalue weighted by Crippen LogP contribution is 2.17. The summed E-state index contributed by atoms with van der Waals surface area (Å²) in [5.74, 6) is -0.211. The van der Waals surface area contributed by atoms with Crippen LogP contribution in [0.15, 0.2) is 29.2 Å². The van der Waals surface area contributed by atoms with Crippen molar-refractivity contribution in [2.45, 2.75) is 56.6 Å². The van der Waals surface area contributed by atoms with Crippen molar-refractivity contribution in [3.05, 3.63) is 24.3 Å². The summed E-state index contributed by atoms with van der Waals surface area (Å²) in [6.45, 7) is 6.76. The molecule has 162 valence electrons. The van der Waals surface area contributed by atoms with E-state index in [-0.39, 0.29) is 23.4 Å². The number of benzene rings is 1. The van der Waals surface area contributed by atoms with Crippen molar-refractivity contribution in [2.75, 3.05) is 25.0 Å². The summed E-state index contributed by atoms with van der Waals surface area (Å²) in [5.41, 5.74) is -0.0718. The predicted molar refractivity (Wildman–Crippen MR) is 110 cm³/mol. The molecular formula is C19H30N4O5S. The molecule has 0 radical (unpaired) electrons. The Labute approximate surface area is 172 Å². The lowest BCUT2D eigenvalue weighted by Gasteiger charge is -2.35. The highest BCUT2D eigenvalue weighted by atomic mass is 32.2. The molecule has 9 nitrogen and oxygen atoms in total. The molecule has 0 saturated carbocycles. The van der Waals surface area contributed by atoms with E-state index in [9.17, 15) is 18.0 Å². The molecule has 1 aliphatic rings. The molecule has 1 aromatic rings. The van der Waals surface area contributed by atoms with Gasteiger partial charge >= 0.3 is 6.09 Å². The van der Waals surface area contributed by atoms with Gasteiger partial charge in [-0.3, -0.25) is 9.69 Å². The average molecular weight is 427 g/mol. The number of carbonyl (C=O) groups is 2. The topological polar surface area (TPSA) is 131 Å². The van der Waals surface area contributed by atoms with Crippen molar-refractivity contribution in [3.8, 4) is 0 Å². The van der Waals surface area contributed by atoms with Crippen LogP contribution in [0.4, 0.5) is 10.5 Å². The maximum Gasteiger partial charge on any atom is 0.407 e. The second kappa shape index (κ2) is 9.55. The number of hydrogen-bond donors (Lipinski definition) is 3. The molecule has 2 rings (SSSR count). The van der Waals surface area contributed by atoms with E-state index < -0.39 is 21.7 Å². The lowest BCUT2D eigenvalue weighted by atomic mass is 10.0. The highest BCUT2D eigenvalue weighted by Gasteiger charge is 2.25. The molecule has 1 aliphatic heterocycles. The number of nitrogens with two attached hydrogens (primary N) is 1. The zero-order valence-corrected chi connectivity index (χ0v) is 17.9. The van der Waals surface area contributed by atoms with Crippen molar-refractivity contribution in [1.82, 2.24) is 10.2 Å². The number of nitrogens with zero attached hydrogens (tertiary/aromatic N) is 1. The van der Waals surface area contributed by atoms with Gasteiger partial charge in [-0.1, -0.05) is 6.42 Å². The summed E-state index contributed by atoms with van der Waals surface area (Å²) in [6.07, 6.45) is 2.43. The molecule has 1 heterocycles. The number of likely N-dealkylation sites (tertiary alicyclic amines) is 1. The summed E-state index contributed by atoms with van der Waals surface area (Å²) in [5, 5.41) is 10.6. The van der Waals surface area contributed by atoms with Crippen molar-refractivity contribution in [3.63, 3.8) is 0 Å². The molecule has 2 amide bonds. The van der Waals surface area contributed by atoms with Gasteiger partial charge in [0, 0.05) is 18.3 Å². The van der Waals surface area contributed by atoms with Gasteiger partial charge in [0.1, 0.15) is 5.60 Å². The second-order valence-electron chi connectivity index (χ2n) is 8.12. The molecule has 4 N–H and O–H groups in total. The first-order valence-electron chi connectivity index (χ1n) is 9.58. The van der Waals surface area contributed by atoms with E-state index in [0.717, 1.165) is 25.8 Å². The number of hydrogen-bond acceptors (Lipinski definition) is 6. The van der Waals surface area contributed by atoms with Crippen LogP contribution in [0.3, 0.4) is 0 Å². The Hall–Kier alpha value is -2.17. The van der Waals surface area contributed by atoms with Gasteiger partial charge in [0.15, 0.2) is 0 Å². The molecule has 0 aromatic heterocycles. The SMILES string of the molecule is CC(C)(C)OC(=O)NCC1CCCCN1CC(=O)Nc1ccc(S(N)(=O)=O)cc1. The molecule has 10 heteroatoms. The molecule has 0 aliphatic carbocycles. The molecule has 1 unspecified atom stereocenters. The number of alkyl carbamates (subject to hydrolysis) is 1. The van der Waals surface area contributed by atoms with E-state index >= 15 is 0 Å². The molecule has 1 aromatic carbocycles. The van der Waals surface area contributed by atoms with Crippen LogP contribution in [0.5, 0.6) is 0 Å². The quantitative estimate of drug-likeness (QED) is 0.634. The maximum atomic E-state index is 12.4. The van der Waals surface area contributed by atoms with Crippen LogP contribution in [-0.4, -0.2) is 56.6 Å². The summed E-state index contributed by atoms with van der Waals surface area (Å²) < 4.78 is 27.9. The van der Waals surface area contributed by atoms with Crippen LogP contribution in [0.2, 0.25) is 0 Å². The molecule has 0 spiro atoms. The van der Waals surface area contributed by atoms with E-state index in [1.165, 1.54) is 24.3 Å². The highest BCUT2D eigenvalue weighted by molar-refractivity contribution is 7.89. The predicted octanol–water partition coefficient (Wildman–Crippen LogP) is 1.65. The van der Waals surface area contributed by atoms with Crippen molar-refractivity contribution in [1.29, 1.82) is 0 Å². The standard InChI is InChI=1S/C19H30N4O5S/c1-19(2,3)28-18(25)21-12-15-6-4-5-11-23(15)13-17(24)22-14-7-9-16(10-8-14)29(20,26)27/h7-10,15H,4-6,11-13H2,1-3H3,(H,21,25)(H,22,24)(H2,20,26,27). The molecule has 1 fully saturated rings. The zero-order chi connectivity index (χ0) is 21.7. The summed E-state index contributed by atoms with van der Waals surface area (Å²) in [4.78, 5) is 26.3. The minimum absolute atomic E-state index is 0.0141. The molecule has 1 saturated heterocycles. The average Bonchev–Trinajstić information content (AvgIpc) is 2.59. The third-order valence-corrected chi connectivity index (χ3v) is 5.37. The van der Waals surface area contributed by atoms with Crippen LogP contribution in [0.1, 0.15) is 40.0 Å². The number of ether oxygens (including phenoxy) is 1. The fourth-order valence-corrected chi connectivity index (χ4v) is 3.64. The summed E-state index contributed by atoms with van der Waals surface area (Å²) in [6, 6.07) is 5.73. The van der Waals surface area contributed by atoms with Crippen molar-refractivity contribution in [2.24, 2.45) is 5.14 Å². The minimum Gasteiger partial charge on any atom is -0.444 e. The van der Waals surface area contributed by atoms with Gasteiger partial charge in [0.2, 0.25) is 15.9 Å². The molecule has 29 heavy (non-hydrogen) atoms. The second-order valence-corrected chi connectivity index (χ2v) is 9.68. The van der Waals surface area contributed by atoms with Gasteiger partial charge in [-0.25, -0.2) is 18.4 Å². The normalized spacial score (nSPS) is 18.1. The smallest absolute Gasteiger partial charge is 0.407 e. The van der Waals surface area contributed by atoms with Crippen LogP contribution in [-0.2, 0) is 19.6 Å². The van der Waals surface area contributed by atoms with Crippen molar-refractivity contribution >= 4 is 27.7 Å². The number of primary sulfonamides is 1. The van der Waals surface area contributed by atoms with Gasteiger partial charge in [-0.05, 0) is 64.4 Å². The minimum atomic E-state index is -3.77. The summed E-state index contributed by atoms with van der Waals surface area (Å²) in [7, 11) is -3.77. The molecule has 0 bridgehead atoms. The fourth-order valence-electron chi connectivity index (χ4n) is 3.13. The molecular weight excluding hydrogens is 396 g/mol. The Morgan fingerprint density at radius 2 is 1.86 bits per heavy atom. The Morgan fingerprint density at radius 3 is 2.45 bits per heavy atom. The third-order valence-electron chi connectivity index (χ3n) is 4.44. The number of nitrogens with one attached hydrogen (secondary N) is 2. The Kier molecular flexibility index (Phi) is 7.61. The molecule has 1 atom stereocenters. The Bertz CT molecular complexity index is 818. The van der Waals surface area contributed by atoms with Crippen LogP contribution >= 0.6 is 0 Å². The van der Waals surface area contributed by atoms with Gasteiger partial charge in [-0.2, -0.15) is 0 Å². The van der Waals surface area contributed by atoms with E-state index in [0.29, 0.717) is 12.2 Å². The third kappa shape index (κ3) is 8.00. The number of anilines is 1. The van der Waals surface area contributed by atoms with Crippen LogP contribution in [0, 0.1) is 0 Å². The van der Waals surface area contributed by atoms with E-state index in [2.05, 4.69) is 10.6 Å². The monoisotopic (exact) mass is 426 g/mol. The number of rotatable bonds is 6. The van der Waals surface area contributed by atoms with Gasteiger partial charge in [0.05, 0.1) is 11.4 Å². The Balaban J connectivity index is 1.89. The maximum absolute atomic E-state index is 12.4. The van der Waals surface area contributed by atoms with Crippen LogP contribution in [0.25, 0.3) is 0 Å². The fraction of sp³-hybridized carbons (Fsp3) is 0.579. The largest absolute Gasteiger partial charge is 0.444 e. The lowest BCUT2D eigenvalue weighted by molar-refractivity contribution is -0.118. The van der Waals surface area contributed by atoms with Gasteiger partial charge in [0.25, 0.3) is 0 Å². The zero-order valence-electron chi connectivity index (χ0n) is 17.1. The Morgan fingerprint density at radius 1 is 1.21 bits per heavy atom. The lowest BCUT2D eigenvalue weighted by Crippen LogP contribution is -2.49. The van der Waals surface area contributed by atoms with Gasteiger partial charge in [-0.15, -0.1) is 0 Å². The van der Waals surface area contributed by atoms with E-state index in [1.807, 2.05) is 4.90 Å². The van der Waals surface area contributed by atoms with Crippen molar-refractivity contribution < 1.29 is 22.7 Å². The first-order valence-corrected chi connectivity index (χ1v) is 11.1. The van der Waals surface area contributed by atoms with Gasteiger partial charge < -0.3 is 15.4 Å². The summed E-state index contributed by atoms with van der Waals surface area (Å²) >= 11 is 0. The number of piperidine rings is 1. The number of amides is 2. The first-order chi connectivity index (χ1) is 13.4. The number of sulfonamides is 1. The first kappa shape index (κ1) is 23.1. The van der Waals surface area contributed by atoms with E-state index in [4.69, 9.17) is 9.88 Å². The number of carbonyl (C=O) groups excluding carboxylic acids is 2. The van der Waals surface area contributed by atoms with E-state index in [1.54, 1.807) is 20.8 Å². The van der Waals surface area contributed by atoms with Crippen LogP contribution < -0.4 is 15.8 Å².